The largest absolute Gasteiger partial charge is 0.491 e. The number of furan rings is 1. The van der Waals surface area contributed by atoms with Crippen molar-refractivity contribution in [3.63, 3.8) is 0 Å². The van der Waals surface area contributed by atoms with Crippen LogP contribution in [0.25, 0.3) is 21.8 Å². The van der Waals surface area contributed by atoms with Crippen LogP contribution in [0.15, 0.2) is 101 Å². The van der Waals surface area contributed by atoms with Crippen molar-refractivity contribution in [3.05, 3.63) is 103 Å². The van der Waals surface area contributed by atoms with Gasteiger partial charge in [-0.3, -0.25) is 4.79 Å². The summed E-state index contributed by atoms with van der Waals surface area (Å²) in [5.74, 6) is 0.414. The number of benzene rings is 3. The van der Waals surface area contributed by atoms with Gasteiger partial charge in [0.2, 0.25) is 0 Å². The van der Waals surface area contributed by atoms with Gasteiger partial charge in [0.1, 0.15) is 18.5 Å². The van der Waals surface area contributed by atoms with Gasteiger partial charge in [0, 0.05) is 21.8 Å². The first-order chi connectivity index (χ1) is 16.7. The maximum atomic E-state index is 11.8. The van der Waals surface area contributed by atoms with Crippen LogP contribution < -0.4 is 10.2 Å². The van der Waals surface area contributed by atoms with E-state index >= 15 is 0 Å². The van der Waals surface area contributed by atoms with Gasteiger partial charge >= 0.3 is 5.91 Å². The van der Waals surface area contributed by atoms with Gasteiger partial charge in [-0.05, 0) is 54.1 Å². The zero-order valence-electron chi connectivity index (χ0n) is 18.3. The zero-order chi connectivity index (χ0) is 23.3. The topological polar surface area (TPSA) is 89.0 Å². The third-order valence-electron chi connectivity index (χ3n) is 5.52. The molecule has 2 aromatic heterocycles. The van der Waals surface area contributed by atoms with Gasteiger partial charge in [0.05, 0.1) is 19.0 Å². The summed E-state index contributed by atoms with van der Waals surface area (Å²) >= 11 is 0. The van der Waals surface area contributed by atoms with Crippen molar-refractivity contribution < 1.29 is 19.1 Å². The molecule has 0 saturated heterocycles. The Bertz CT molecular complexity index is 1380. The molecule has 2 heterocycles. The number of carbonyl (C=O) groups is 1. The highest BCUT2D eigenvalue weighted by molar-refractivity contribution is 6.07. The summed E-state index contributed by atoms with van der Waals surface area (Å²) in [7, 11) is 0. The van der Waals surface area contributed by atoms with E-state index in [4.69, 9.17) is 9.15 Å². The summed E-state index contributed by atoms with van der Waals surface area (Å²) in [5.41, 5.74) is 5.37. The molecule has 0 fully saturated rings. The molecule has 0 saturated carbocycles. The van der Waals surface area contributed by atoms with Gasteiger partial charge in [-0.2, -0.15) is 5.10 Å². The molecule has 0 aliphatic carbocycles. The van der Waals surface area contributed by atoms with E-state index in [1.165, 1.54) is 23.3 Å². The minimum Gasteiger partial charge on any atom is -0.491 e. The number of hydrogen-bond donors (Lipinski definition) is 2. The van der Waals surface area contributed by atoms with E-state index in [1.807, 2.05) is 36.4 Å². The molecule has 34 heavy (non-hydrogen) atoms. The number of hydrogen-bond acceptors (Lipinski definition) is 5. The van der Waals surface area contributed by atoms with Gasteiger partial charge in [-0.1, -0.05) is 36.4 Å². The predicted octanol–water partition coefficient (Wildman–Crippen LogP) is 4.59. The van der Waals surface area contributed by atoms with Crippen LogP contribution >= 0.6 is 0 Å². The van der Waals surface area contributed by atoms with Crippen LogP contribution in [0.4, 0.5) is 0 Å². The molecule has 3 aromatic carbocycles. The highest BCUT2D eigenvalue weighted by atomic mass is 16.5. The SMILES string of the molecule is O=C(N/N=C\c1ccc(OC[C@@H](O)Cn2c3ccccc3c3ccccc32)cc1)c1ccco1. The number of rotatable bonds is 8. The Kier molecular flexibility index (Phi) is 6.09. The highest BCUT2D eigenvalue weighted by Crippen LogP contribution is 2.28. The first-order valence-electron chi connectivity index (χ1n) is 10.9. The van der Waals surface area contributed by atoms with Crippen molar-refractivity contribution in [2.75, 3.05) is 6.61 Å². The maximum absolute atomic E-state index is 11.8. The van der Waals surface area contributed by atoms with Crippen LogP contribution in [0, 0.1) is 0 Å². The second-order valence-corrected chi connectivity index (χ2v) is 7.86. The Hall–Kier alpha value is -4.36. The van der Waals surface area contributed by atoms with Crippen LogP contribution in [0.2, 0.25) is 0 Å². The molecule has 1 amide bonds. The van der Waals surface area contributed by atoms with Crippen molar-refractivity contribution >= 4 is 33.9 Å². The van der Waals surface area contributed by atoms with Gasteiger partial charge in [-0.25, -0.2) is 5.43 Å². The third-order valence-corrected chi connectivity index (χ3v) is 5.52. The summed E-state index contributed by atoms with van der Waals surface area (Å²) in [6, 6.07) is 26.8. The lowest BCUT2D eigenvalue weighted by Gasteiger charge is -2.15. The normalized spacial score (nSPS) is 12.4. The molecule has 2 N–H and O–H groups in total. The summed E-state index contributed by atoms with van der Waals surface area (Å²) in [4.78, 5) is 11.8. The number of nitrogens with one attached hydrogen (secondary N) is 1. The van der Waals surface area contributed by atoms with Crippen LogP contribution in [-0.2, 0) is 6.54 Å². The van der Waals surface area contributed by atoms with Crippen molar-refractivity contribution in [1.29, 1.82) is 0 Å². The number of nitrogens with zero attached hydrogens (tertiary/aromatic N) is 2. The van der Waals surface area contributed by atoms with E-state index in [1.54, 1.807) is 24.3 Å². The number of ether oxygens (including phenoxy) is 1. The fourth-order valence-electron chi connectivity index (χ4n) is 3.93. The number of fused-ring (bicyclic) bond motifs is 3. The molecule has 170 valence electrons. The van der Waals surface area contributed by atoms with Gasteiger partial charge < -0.3 is 18.8 Å². The molecule has 0 radical (unpaired) electrons. The molecule has 5 aromatic rings. The number of aromatic nitrogens is 1. The quantitative estimate of drug-likeness (QED) is 0.266. The number of hydrazone groups is 1. The van der Waals surface area contributed by atoms with Crippen molar-refractivity contribution in [3.8, 4) is 5.75 Å². The minimum atomic E-state index is -0.683. The third kappa shape index (κ3) is 4.55. The summed E-state index contributed by atoms with van der Waals surface area (Å²) in [6.45, 7) is 0.585. The molecular weight excluding hydrogens is 430 g/mol. The second kappa shape index (κ2) is 9.64. The Balaban J connectivity index is 1.19. The second-order valence-electron chi connectivity index (χ2n) is 7.86. The lowest BCUT2D eigenvalue weighted by Crippen LogP contribution is -2.23. The van der Waals surface area contributed by atoms with Gasteiger partial charge in [0.25, 0.3) is 0 Å². The van der Waals surface area contributed by atoms with E-state index in [-0.39, 0.29) is 12.4 Å². The zero-order valence-corrected chi connectivity index (χ0v) is 18.3. The van der Waals surface area contributed by atoms with Crippen LogP contribution in [0.5, 0.6) is 5.75 Å². The number of para-hydroxylation sites is 2. The van der Waals surface area contributed by atoms with Crippen molar-refractivity contribution in [2.45, 2.75) is 12.6 Å². The Labute approximate surface area is 195 Å². The molecule has 5 rings (SSSR count). The molecule has 1 atom stereocenters. The van der Waals surface area contributed by atoms with E-state index in [0.717, 1.165) is 16.6 Å². The Morgan fingerprint density at radius 1 is 0.971 bits per heavy atom. The standard InChI is InChI=1S/C27H23N3O4/c31-20(17-30-24-8-3-1-6-22(24)23-7-2-4-9-25(23)30)18-34-21-13-11-19(12-14-21)16-28-29-27(32)26-10-5-15-33-26/h1-16,20,31H,17-18H2,(H,29,32)/b28-16-/t20-/m0/s1. The maximum Gasteiger partial charge on any atom is 0.307 e. The molecule has 0 aliphatic rings. The summed E-state index contributed by atoms with van der Waals surface area (Å²) in [6.07, 6.45) is 2.27. The summed E-state index contributed by atoms with van der Waals surface area (Å²) < 4.78 is 12.9. The van der Waals surface area contributed by atoms with E-state index in [2.05, 4.69) is 39.4 Å². The smallest absolute Gasteiger partial charge is 0.307 e. The van der Waals surface area contributed by atoms with Gasteiger partial charge in [-0.15, -0.1) is 0 Å². The monoisotopic (exact) mass is 453 g/mol. The molecule has 0 aliphatic heterocycles. The van der Waals surface area contributed by atoms with Crippen LogP contribution in [0.1, 0.15) is 16.1 Å². The summed E-state index contributed by atoms with van der Waals surface area (Å²) in [5, 5.41) is 17.0. The van der Waals surface area contributed by atoms with Gasteiger partial charge in [0.15, 0.2) is 5.76 Å². The number of amides is 1. The van der Waals surface area contributed by atoms with E-state index in [9.17, 15) is 9.90 Å². The lowest BCUT2D eigenvalue weighted by atomic mass is 10.2. The predicted molar refractivity (Wildman–Crippen MR) is 131 cm³/mol. The lowest BCUT2D eigenvalue weighted by molar-refractivity contribution is 0.0927. The molecule has 0 spiro atoms. The van der Waals surface area contributed by atoms with Crippen LogP contribution in [-0.4, -0.2) is 34.5 Å². The molecule has 0 bridgehead atoms. The van der Waals surface area contributed by atoms with Crippen molar-refractivity contribution in [1.82, 2.24) is 9.99 Å². The fraction of sp³-hybridized carbons (Fsp3) is 0.111. The number of aliphatic hydroxyl groups excluding tert-OH is 1. The van der Waals surface area contributed by atoms with E-state index in [0.29, 0.717) is 12.3 Å². The highest BCUT2D eigenvalue weighted by Gasteiger charge is 2.14. The first kappa shape index (κ1) is 21.5. The average Bonchev–Trinajstić information content (AvgIpc) is 3.52. The molecule has 0 unspecified atom stereocenters. The molecular formula is C27H23N3O4. The first-order valence-corrected chi connectivity index (χ1v) is 10.9. The minimum absolute atomic E-state index is 0.160. The molecule has 7 nitrogen and oxygen atoms in total. The van der Waals surface area contributed by atoms with Crippen LogP contribution in [0.3, 0.4) is 0 Å². The van der Waals surface area contributed by atoms with E-state index < -0.39 is 12.0 Å². The number of carbonyl (C=O) groups excluding carboxylic acids is 1. The van der Waals surface area contributed by atoms with Crippen molar-refractivity contribution in [2.24, 2.45) is 5.10 Å². The average molecular weight is 453 g/mol. The Morgan fingerprint density at radius 2 is 1.65 bits per heavy atom. The molecule has 7 heteroatoms. The Morgan fingerprint density at radius 3 is 2.29 bits per heavy atom. The fourth-order valence-corrected chi connectivity index (χ4v) is 3.93. The number of aliphatic hydroxyl groups is 1.